The molecule has 2 aliphatic heterocycles. The number of unbranched alkanes of at least 4 members (excludes halogenated alkanes) is 28. The van der Waals surface area contributed by atoms with Crippen LogP contribution in [-0.2, 0) is 38.0 Å². The molecule has 2 saturated heterocycles. The number of carbonyl (C=O) groups is 2. The Bertz CT molecular complexity index is 1350. The summed E-state index contributed by atoms with van der Waals surface area (Å²) in [5.41, 5.74) is 0. The minimum absolute atomic E-state index is 0.167. The van der Waals surface area contributed by atoms with Gasteiger partial charge in [0.1, 0.15) is 55.4 Å². The molecule has 2 heterocycles. The van der Waals surface area contributed by atoms with E-state index >= 15 is 0 Å². The summed E-state index contributed by atoms with van der Waals surface area (Å²) in [5.74, 6) is -0.918. The summed E-state index contributed by atoms with van der Waals surface area (Å²) in [6.07, 6.45) is 30.5. The highest BCUT2D eigenvalue weighted by atomic mass is 16.7. The lowest BCUT2D eigenvalue weighted by Gasteiger charge is -2.42. The first kappa shape index (κ1) is 66.1. The topological polar surface area (TPSA) is 231 Å². The van der Waals surface area contributed by atoms with E-state index in [1.807, 2.05) is 0 Å². The van der Waals surface area contributed by atoms with Crippen molar-refractivity contribution in [2.45, 2.75) is 300 Å². The predicted octanol–water partition coefficient (Wildman–Crippen LogP) is 9.50. The first-order valence-corrected chi connectivity index (χ1v) is 28.9. The molecule has 7 N–H and O–H groups in total. The van der Waals surface area contributed by atoms with Crippen LogP contribution in [0.5, 0.6) is 0 Å². The molecule has 15 heteroatoms. The Morgan fingerprint density at radius 3 is 1.26 bits per heavy atom. The van der Waals surface area contributed by atoms with Gasteiger partial charge in [0.15, 0.2) is 18.7 Å². The van der Waals surface area contributed by atoms with Gasteiger partial charge in [0.05, 0.1) is 19.8 Å². The first-order chi connectivity index (χ1) is 35.0. The molecule has 0 aromatic heterocycles. The molecule has 0 radical (unpaired) electrons. The standard InChI is InChI=1S/C57H104O15/c1-3-5-7-9-11-13-15-17-19-20-21-22-23-24-26-28-30-32-34-36-38-40-49(60)70-45(42-67-48(59)39-37-35-33-31-29-27-25-18-16-14-12-10-8-6-4-2)43-68-56-55(66)53(64)51(62)47(72-56)44-69-57-54(65)52(63)50(61)46(41-58)71-57/h10,12,17,19,45-47,50-58,61-66H,3-9,11,13-16,18,20-44H2,1-2H3/b12-10+,19-17+/t45-,46+,47+,50-,51-,52?,53?,54?,55?,56+,57+/m1/s1. The van der Waals surface area contributed by atoms with Crippen LogP contribution >= 0.6 is 0 Å². The molecule has 2 rings (SSSR count). The lowest BCUT2D eigenvalue weighted by atomic mass is 9.98. The molecule has 0 amide bonds. The molecule has 15 nitrogen and oxygen atoms in total. The molecular formula is C57H104O15. The van der Waals surface area contributed by atoms with Crippen molar-refractivity contribution in [1.29, 1.82) is 0 Å². The summed E-state index contributed by atoms with van der Waals surface area (Å²) in [6.45, 7) is 2.59. The van der Waals surface area contributed by atoms with Crippen LogP contribution in [-0.4, -0.2) is 142 Å². The van der Waals surface area contributed by atoms with Gasteiger partial charge in [-0.15, -0.1) is 0 Å². The Morgan fingerprint density at radius 1 is 0.431 bits per heavy atom. The van der Waals surface area contributed by atoms with Gasteiger partial charge in [0.2, 0.25) is 0 Å². The van der Waals surface area contributed by atoms with Crippen LogP contribution in [0.1, 0.15) is 232 Å². The molecule has 2 aliphatic rings. The van der Waals surface area contributed by atoms with Crippen LogP contribution in [0, 0.1) is 0 Å². The maximum atomic E-state index is 13.1. The van der Waals surface area contributed by atoms with Crippen LogP contribution in [0.2, 0.25) is 0 Å². The number of aliphatic hydroxyl groups excluding tert-OH is 7. The van der Waals surface area contributed by atoms with Gasteiger partial charge in [0, 0.05) is 12.8 Å². The third-order valence-corrected chi connectivity index (χ3v) is 13.9. The third-order valence-electron chi connectivity index (χ3n) is 13.9. The molecule has 0 aliphatic carbocycles. The Hall–Kier alpha value is -2.02. The number of aliphatic hydroxyl groups is 7. The third kappa shape index (κ3) is 31.1. The highest BCUT2D eigenvalue weighted by Crippen LogP contribution is 2.27. The number of ether oxygens (including phenoxy) is 6. The molecule has 0 bridgehead atoms. The van der Waals surface area contributed by atoms with Crippen LogP contribution < -0.4 is 0 Å². The zero-order valence-corrected chi connectivity index (χ0v) is 44.9. The van der Waals surface area contributed by atoms with Crippen molar-refractivity contribution < 1.29 is 73.8 Å². The normalized spacial score (nSPS) is 25.1. The van der Waals surface area contributed by atoms with Crippen molar-refractivity contribution in [2.24, 2.45) is 0 Å². The maximum absolute atomic E-state index is 13.1. The summed E-state index contributed by atoms with van der Waals surface area (Å²) < 4.78 is 33.7. The van der Waals surface area contributed by atoms with E-state index in [-0.39, 0.29) is 26.1 Å². The molecule has 0 aromatic carbocycles. The highest BCUT2D eigenvalue weighted by Gasteiger charge is 2.47. The summed E-state index contributed by atoms with van der Waals surface area (Å²) >= 11 is 0. The van der Waals surface area contributed by atoms with Crippen LogP contribution in [0.15, 0.2) is 24.3 Å². The van der Waals surface area contributed by atoms with E-state index in [1.54, 1.807) is 0 Å². The zero-order valence-electron chi connectivity index (χ0n) is 44.9. The van der Waals surface area contributed by atoms with E-state index in [1.165, 1.54) is 148 Å². The van der Waals surface area contributed by atoms with Gasteiger partial charge in [0.25, 0.3) is 0 Å². The second-order valence-electron chi connectivity index (χ2n) is 20.5. The fraction of sp³-hybridized carbons (Fsp3) is 0.895. The molecule has 0 spiro atoms. The van der Waals surface area contributed by atoms with Crippen molar-refractivity contribution in [3.63, 3.8) is 0 Å². The van der Waals surface area contributed by atoms with Crippen molar-refractivity contribution in [1.82, 2.24) is 0 Å². The number of hydrogen-bond donors (Lipinski definition) is 7. The molecule has 0 aromatic rings. The number of carbonyl (C=O) groups excluding carboxylic acids is 2. The number of hydrogen-bond acceptors (Lipinski definition) is 15. The summed E-state index contributed by atoms with van der Waals surface area (Å²) in [5, 5.41) is 72.2. The van der Waals surface area contributed by atoms with E-state index in [0.29, 0.717) is 12.8 Å². The molecule has 0 saturated carbocycles. The van der Waals surface area contributed by atoms with Crippen molar-refractivity contribution in [3.05, 3.63) is 24.3 Å². The summed E-state index contributed by atoms with van der Waals surface area (Å²) in [4.78, 5) is 25.9. The minimum Gasteiger partial charge on any atom is -0.462 e. The second kappa shape index (κ2) is 44.1. The quantitative estimate of drug-likeness (QED) is 0.0171. The van der Waals surface area contributed by atoms with Gasteiger partial charge in [-0.1, -0.05) is 186 Å². The van der Waals surface area contributed by atoms with Crippen molar-refractivity contribution in [3.8, 4) is 0 Å². The van der Waals surface area contributed by atoms with Gasteiger partial charge >= 0.3 is 11.9 Å². The lowest BCUT2D eigenvalue weighted by molar-refractivity contribution is -0.332. The monoisotopic (exact) mass is 1030 g/mol. The number of rotatable bonds is 46. The smallest absolute Gasteiger partial charge is 0.306 e. The van der Waals surface area contributed by atoms with Gasteiger partial charge in [-0.2, -0.15) is 0 Å². The van der Waals surface area contributed by atoms with Gasteiger partial charge in [-0.25, -0.2) is 0 Å². The van der Waals surface area contributed by atoms with E-state index in [0.717, 1.165) is 44.9 Å². The van der Waals surface area contributed by atoms with E-state index < -0.39 is 92.7 Å². The van der Waals surface area contributed by atoms with E-state index in [4.69, 9.17) is 28.4 Å². The Balaban J connectivity index is 1.75. The van der Waals surface area contributed by atoms with Crippen molar-refractivity contribution in [2.75, 3.05) is 26.4 Å². The Morgan fingerprint density at radius 2 is 0.806 bits per heavy atom. The molecule has 11 atom stereocenters. The number of esters is 2. The van der Waals surface area contributed by atoms with Crippen LogP contribution in [0.3, 0.4) is 0 Å². The molecular weight excluding hydrogens is 925 g/mol. The highest BCUT2D eigenvalue weighted by molar-refractivity contribution is 5.70. The average Bonchev–Trinajstić information content (AvgIpc) is 3.37. The summed E-state index contributed by atoms with van der Waals surface area (Å²) in [7, 11) is 0. The van der Waals surface area contributed by atoms with Crippen LogP contribution in [0.4, 0.5) is 0 Å². The fourth-order valence-electron chi connectivity index (χ4n) is 9.14. The van der Waals surface area contributed by atoms with Crippen LogP contribution in [0.25, 0.3) is 0 Å². The Labute approximate surface area is 434 Å². The molecule has 72 heavy (non-hydrogen) atoms. The lowest BCUT2D eigenvalue weighted by Crippen LogP contribution is -2.61. The van der Waals surface area contributed by atoms with Crippen molar-refractivity contribution >= 4 is 11.9 Å². The van der Waals surface area contributed by atoms with E-state index in [9.17, 15) is 45.3 Å². The van der Waals surface area contributed by atoms with Gasteiger partial charge in [-0.3, -0.25) is 9.59 Å². The summed E-state index contributed by atoms with van der Waals surface area (Å²) in [6, 6.07) is 0. The Kier molecular flexibility index (Phi) is 40.5. The first-order valence-electron chi connectivity index (χ1n) is 28.9. The number of allylic oxidation sites excluding steroid dienone is 4. The average molecular weight is 1030 g/mol. The van der Waals surface area contributed by atoms with Gasteiger partial charge < -0.3 is 64.2 Å². The molecule has 4 unspecified atom stereocenters. The SMILES string of the molecule is CCCC/C=C/CCCCCCCCCCCC(=O)OC[C@H](CO[C@H]1O[C@@H](CO[C@H]2O[C@@H](CO)[C@@H](O)C(O)C2O)[C@@H](O)C(O)C1O)OC(=O)CCCCCCCCCCCCC/C=C/CCCCCCCC. The maximum Gasteiger partial charge on any atom is 0.306 e. The largest absolute Gasteiger partial charge is 0.462 e. The minimum atomic E-state index is -1.76. The van der Waals surface area contributed by atoms with Gasteiger partial charge in [-0.05, 0) is 57.8 Å². The second-order valence-corrected chi connectivity index (χ2v) is 20.5. The predicted molar refractivity (Wildman–Crippen MR) is 280 cm³/mol. The van der Waals surface area contributed by atoms with E-state index in [2.05, 4.69) is 38.2 Å². The molecule has 2 fully saturated rings. The zero-order chi connectivity index (χ0) is 52.4. The molecule has 422 valence electrons. The fourth-order valence-corrected chi connectivity index (χ4v) is 9.14.